The molecule has 236 valence electrons. The van der Waals surface area contributed by atoms with Crippen LogP contribution < -0.4 is 9.62 Å². The number of carbonyl (C=O) groups excluding carboxylic acids is 2. The van der Waals surface area contributed by atoms with Gasteiger partial charge in [0.15, 0.2) is 0 Å². The van der Waals surface area contributed by atoms with Gasteiger partial charge in [0.1, 0.15) is 12.6 Å². The van der Waals surface area contributed by atoms with E-state index in [-0.39, 0.29) is 23.8 Å². The highest BCUT2D eigenvalue weighted by molar-refractivity contribution is 7.92. The molecule has 0 fully saturated rings. The number of halogens is 1. The highest BCUT2D eigenvalue weighted by Crippen LogP contribution is 2.30. The third kappa shape index (κ3) is 8.96. The number of hydrogen-bond donors (Lipinski definition) is 1. The van der Waals surface area contributed by atoms with Crippen molar-refractivity contribution < 1.29 is 18.0 Å². The van der Waals surface area contributed by atoms with Crippen molar-refractivity contribution in [1.82, 2.24) is 10.2 Å². The molecule has 0 bridgehead atoms. The summed E-state index contributed by atoms with van der Waals surface area (Å²) in [5.74, 6) is -0.799. The lowest BCUT2D eigenvalue weighted by atomic mass is 10.0. The van der Waals surface area contributed by atoms with Crippen molar-refractivity contribution in [1.29, 1.82) is 0 Å². The Morgan fingerprint density at radius 3 is 2.18 bits per heavy atom. The SMILES string of the molecule is CCCCNC(=O)[C@H](Cc1ccccc1)N(Cc1cccc(C)c1)C(=O)CN(c1cc(Cl)ccc1C)S(=O)(=O)c1ccccc1. The lowest BCUT2D eigenvalue weighted by molar-refractivity contribution is -0.140. The van der Waals surface area contributed by atoms with Crippen LogP contribution in [0.1, 0.15) is 42.0 Å². The maximum atomic E-state index is 14.6. The predicted molar refractivity (Wildman–Crippen MR) is 181 cm³/mol. The van der Waals surface area contributed by atoms with Crippen molar-refractivity contribution in [2.45, 2.75) is 57.5 Å². The minimum absolute atomic E-state index is 0.0422. The van der Waals surface area contributed by atoms with E-state index in [0.29, 0.717) is 22.8 Å². The van der Waals surface area contributed by atoms with Gasteiger partial charge in [0.05, 0.1) is 10.6 Å². The number of unbranched alkanes of at least 4 members (excludes halogenated alkanes) is 1. The van der Waals surface area contributed by atoms with Crippen molar-refractivity contribution in [3.8, 4) is 0 Å². The number of benzene rings is 4. The van der Waals surface area contributed by atoms with Crippen molar-refractivity contribution in [2.24, 2.45) is 0 Å². The molecule has 4 rings (SSSR count). The molecule has 0 aliphatic carbocycles. The van der Waals surface area contributed by atoms with Gasteiger partial charge in [-0.25, -0.2) is 8.42 Å². The Hall–Kier alpha value is -4.14. The molecule has 7 nitrogen and oxygen atoms in total. The molecule has 2 amide bonds. The molecule has 0 aromatic heterocycles. The zero-order chi connectivity index (χ0) is 32.4. The molecule has 0 radical (unpaired) electrons. The predicted octanol–water partition coefficient (Wildman–Crippen LogP) is 6.71. The largest absolute Gasteiger partial charge is 0.354 e. The molecule has 0 aliphatic rings. The normalized spacial score (nSPS) is 11.9. The lowest BCUT2D eigenvalue weighted by Gasteiger charge is -2.34. The summed E-state index contributed by atoms with van der Waals surface area (Å²) in [5.41, 5.74) is 3.65. The first-order valence-corrected chi connectivity index (χ1v) is 16.9. The number of carbonyl (C=O) groups is 2. The van der Waals surface area contributed by atoms with Crippen LogP contribution in [0.4, 0.5) is 5.69 Å². The third-order valence-corrected chi connectivity index (χ3v) is 9.60. The Morgan fingerprint density at radius 2 is 1.51 bits per heavy atom. The summed E-state index contributed by atoms with van der Waals surface area (Å²) >= 11 is 6.35. The van der Waals surface area contributed by atoms with Gasteiger partial charge < -0.3 is 10.2 Å². The van der Waals surface area contributed by atoms with Gasteiger partial charge in [-0.05, 0) is 61.2 Å². The molecule has 9 heteroatoms. The van der Waals surface area contributed by atoms with Gasteiger partial charge in [-0.15, -0.1) is 0 Å². The molecule has 0 saturated carbocycles. The first kappa shape index (κ1) is 33.7. The van der Waals surface area contributed by atoms with Crippen LogP contribution in [-0.4, -0.2) is 44.3 Å². The van der Waals surface area contributed by atoms with E-state index in [4.69, 9.17) is 11.6 Å². The number of nitrogens with zero attached hydrogens (tertiary/aromatic N) is 2. The average Bonchev–Trinajstić information content (AvgIpc) is 3.03. The van der Waals surface area contributed by atoms with Gasteiger partial charge in [-0.2, -0.15) is 0 Å². The summed E-state index contributed by atoms with van der Waals surface area (Å²) in [6.45, 7) is 5.84. The van der Waals surface area contributed by atoms with E-state index in [1.807, 2.05) is 68.4 Å². The summed E-state index contributed by atoms with van der Waals surface area (Å²) in [6.07, 6.45) is 1.96. The number of anilines is 1. The summed E-state index contributed by atoms with van der Waals surface area (Å²) in [4.78, 5) is 30.0. The molecule has 4 aromatic carbocycles. The number of sulfonamides is 1. The quantitative estimate of drug-likeness (QED) is 0.155. The third-order valence-electron chi connectivity index (χ3n) is 7.59. The Bertz CT molecular complexity index is 1700. The molecule has 0 unspecified atom stereocenters. The summed E-state index contributed by atoms with van der Waals surface area (Å²) in [7, 11) is -4.20. The summed E-state index contributed by atoms with van der Waals surface area (Å²) in [6, 6.07) is 29.3. The molecule has 0 saturated heterocycles. The van der Waals surface area contributed by atoms with E-state index in [9.17, 15) is 18.0 Å². The van der Waals surface area contributed by atoms with E-state index in [1.54, 1.807) is 43.3 Å². The fourth-order valence-electron chi connectivity index (χ4n) is 5.15. The molecule has 1 atom stereocenters. The Balaban J connectivity index is 1.81. The van der Waals surface area contributed by atoms with Crippen LogP contribution >= 0.6 is 11.6 Å². The fraction of sp³-hybridized carbons (Fsp3) is 0.278. The second-order valence-electron chi connectivity index (χ2n) is 11.1. The van der Waals surface area contributed by atoms with Gasteiger partial charge in [0.2, 0.25) is 11.8 Å². The van der Waals surface area contributed by atoms with Gasteiger partial charge in [-0.3, -0.25) is 13.9 Å². The Morgan fingerprint density at radius 1 is 0.844 bits per heavy atom. The molecule has 45 heavy (non-hydrogen) atoms. The Labute approximate surface area is 271 Å². The van der Waals surface area contributed by atoms with E-state index < -0.39 is 28.5 Å². The average molecular weight is 646 g/mol. The van der Waals surface area contributed by atoms with Gasteiger partial charge in [0.25, 0.3) is 10.0 Å². The number of aryl methyl sites for hydroxylation is 2. The smallest absolute Gasteiger partial charge is 0.264 e. The first-order valence-electron chi connectivity index (χ1n) is 15.1. The fourth-order valence-corrected chi connectivity index (χ4v) is 6.81. The highest BCUT2D eigenvalue weighted by Gasteiger charge is 2.35. The standard InChI is InChI=1S/C36H40ClN3O4S/c1-4-5-21-38-36(42)34(23-29-14-8-6-9-15-29)39(25-30-16-12-13-27(2)22-30)35(41)26-40(33-24-31(37)20-19-28(33)3)45(43,44)32-17-10-7-11-18-32/h6-20,22,24,34H,4-5,21,23,25-26H2,1-3H3,(H,38,42)/t34-/m0/s1. The van der Waals surface area contributed by atoms with Crippen LogP contribution in [0.5, 0.6) is 0 Å². The van der Waals surface area contributed by atoms with E-state index in [0.717, 1.165) is 33.8 Å². The first-order chi connectivity index (χ1) is 21.6. The van der Waals surface area contributed by atoms with Crippen LogP contribution in [0.25, 0.3) is 0 Å². The lowest BCUT2D eigenvalue weighted by Crippen LogP contribution is -2.53. The van der Waals surface area contributed by atoms with Crippen LogP contribution in [0.2, 0.25) is 5.02 Å². The minimum atomic E-state index is -4.20. The minimum Gasteiger partial charge on any atom is -0.354 e. The van der Waals surface area contributed by atoms with Crippen molar-refractivity contribution in [3.05, 3.63) is 130 Å². The molecule has 0 heterocycles. The van der Waals surface area contributed by atoms with Crippen molar-refractivity contribution in [2.75, 3.05) is 17.4 Å². The number of nitrogens with one attached hydrogen (secondary N) is 1. The zero-order valence-corrected chi connectivity index (χ0v) is 27.5. The van der Waals surface area contributed by atoms with Gasteiger partial charge >= 0.3 is 0 Å². The van der Waals surface area contributed by atoms with Crippen molar-refractivity contribution >= 4 is 39.1 Å². The second-order valence-corrected chi connectivity index (χ2v) is 13.4. The van der Waals surface area contributed by atoms with Crippen LogP contribution in [0, 0.1) is 13.8 Å². The van der Waals surface area contributed by atoms with Crippen LogP contribution in [0.3, 0.4) is 0 Å². The highest BCUT2D eigenvalue weighted by atomic mass is 35.5. The number of amides is 2. The maximum absolute atomic E-state index is 14.6. The summed E-state index contributed by atoms with van der Waals surface area (Å²) in [5, 5.41) is 3.35. The maximum Gasteiger partial charge on any atom is 0.264 e. The van der Waals surface area contributed by atoms with Crippen LogP contribution in [0.15, 0.2) is 108 Å². The number of rotatable bonds is 14. The van der Waals surface area contributed by atoms with E-state index in [1.165, 1.54) is 17.0 Å². The second kappa shape index (κ2) is 15.7. The summed E-state index contributed by atoms with van der Waals surface area (Å²) < 4.78 is 29.4. The van der Waals surface area contributed by atoms with Crippen molar-refractivity contribution in [3.63, 3.8) is 0 Å². The molecular formula is C36H40ClN3O4S. The molecule has 1 N–H and O–H groups in total. The topological polar surface area (TPSA) is 86.8 Å². The Kier molecular flexibility index (Phi) is 11.8. The molecule has 4 aromatic rings. The van der Waals surface area contributed by atoms with E-state index in [2.05, 4.69) is 5.32 Å². The molecule has 0 aliphatic heterocycles. The monoisotopic (exact) mass is 645 g/mol. The van der Waals surface area contributed by atoms with Gasteiger partial charge in [-0.1, -0.05) is 109 Å². The zero-order valence-electron chi connectivity index (χ0n) is 25.9. The van der Waals surface area contributed by atoms with E-state index >= 15 is 0 Å². The molecular weight excluding hydrogens is 606 g/mol. The van der Waals surface area contributed by atoms with Gasteiger partial charge in [0, 0.05) is 24.5 Å². The van der Waals surface area contributed by atoms with Crippen LogP contribution in [-0.2, 0) is 32.6 Å². The molecule has 0 spiro atoms. The number of hydrogen-bond acceptors (Lipinski definition) is 4.